The summed E-state index contributed by atoms with van der Waals surface area (Å²) in [6, 6.07) is 3.94. The van der Waals surface area contributed by atoms with Crippen LogP contribution in [0.15, 0.2) is 23.1 Å². The summed E-state index contributed by atoms with van der Waals surface area (Å²) in [5.74, 6) is -0.367. The fraction of sp³-hybridized carbons (Fsp3) is 0.500. The minimum absolute atomic E-state index is 0.0502. The Labute approximate surface area is 124 Å². The Kier molecular flexibility index (Phi) is 4.53. The molecular formula is C14H20N2O4S. The molecule has 116 valence electrons. The zero-order valence-corrected chi connectivity index (χ0v) is 12.9. The first kappa shape index (κ1) is 15.8. The number of hydrogen-bond acceptors (Lipinski definition) is 5. The van der Waals surface area contributed by atoms with Gasteiger partial charge in [-0.25, -0.2) is 17.9 Å². The molecule has 0 aliphatic heterocycles. The van der Waals surface area contributed by atoms with Crippen LogP contribution in [0.5, 0.6) is 0 Å². The lowest BCUT2D eigenvalue weighted by Gasteiger charge is -2.31. The Morgan fingerprint density at radius 2 is 2.10 bits per heavy atom. The molecular weight excluding hydrogens is 292 g/mol. The van der Waals surface area contributed by atoms with Crippen LogP contribution in [-0.2, 0) is 14.8 Å². The highest BCUT2D eigenvalue weighted by molar-refractivity contribution is 7.89. The summed E-state index contributed by atoms with van der Waals surface area (Å²) in [4.78, 5) is 11.6. The van der Waals surface area contributed by atoms with Crippen LogP contribution in [0.4, 0.5) is 5.69 Å². The molecule has 0 heterocycles. The highest BCUT2D eigenvalue weighted by Gasteiger charge is 2.30. The topological polar surface area (TPSA) is 98.5 Å². The van der Waals surface area contributed by atoms with E-state index < -0.39 is 16.0 Å². The molecule has 1 saturated carbocycles. The van der Waals surface area contributed by atoms with Crippen molar-refractivity contribution in [3.8, 4) is 0 Å². The molecule has 1 aromatic rings. The smallest absolute Gasteiger partial charge is 0.339 e. The fourth-order valence-electron chi connectivity index (χ4n) is 2.40. The summed E-state index contributed by atoms with van der Waals surface area (Å²) in [5, 5.41) is 0. The molecule has 0 spiro atoms. The number of ether oxygens (including phenoxy) is 1. The number of carbonyl (C=O) groups excluding carboxylic acids is 1. The van der Waals surface area contributed by atoms with E-state index in [2.05, 4.69) is 9.46 Å². The van der Waals surface area contributed by atoms with Gasteiger partial charge in [-0.2, -0.15) is 0 Å². The van der Waals surface area contributed by atoms with Gasteiger partial charge >= 0.3 is 5.97 Å². The van der Waals surface area contributed by atoms with Crippen LogP contribution in [0.1, 0.15) is 36.5 Å². The number of anilines is 1. The zero-order chi connectivity index (χ0) is 15.6. The minimum Gasteiger partial charge on any atom is -0.465 e. The van der Waals surface area contributed by atoms with Crippen LogP contribution in [0.3, 0.4) is 0 Å². The Morgan fingerprint density at radius 3 is 2.62 bits per heavy atom. The van der Waals surface area contributed by atoms with Crippen molar-refractivity contribution in [3.63, 3.8) is 0 Å². The number of carbonyl (C=O) groups is 1. The van der Waals surface area contributed by atoms with Gasteiger partial charge in [0, 0.05) is 11.7 Å². The molecule has 0 aromatic heterocycles. The van der Waals surface area contributed by atoms with Crippen molar-refractivity contribution in [3.05, 3.63) is 23.8 Å². The second-order valence-electron chi connectivity index (χ2n) is 5.35. The maximum Gasteiger partial charge on any atom is 0.339 e. The van der Waals surface area contributed by atoms with Crippen molar-refractivity contribution >= 4 is 21.7 Å². The normalized spacial score (nSPS) is 17.0. The second kappa shape index (κ2) is 6.03. The molecule has 7 heteroatoms. The highest BCUT2D eigenvalue weighted by Crippen LogP contribution is 2.30. The number of benzene rings is 1. The molecule has 1 aliphatic carbocycles. The number of nitrogens with one attached hydrogen (secondary N) is 1. The molecule has 0 saturated heterocycles. The summed E-state index contributed by atoms with van der Waals surface area (Å²) in [6.07, 6.45) is 3.18. The largest absolute Gasteiger partial charge is 0.465 e. The fourth-order valence-corrected chi connectivity index (χ4v) is 3.88. The van der Waals surface area contributed by atoms with Gasteiger partial charge in [-0.15, -0.1) is 0 Å². The SMILES string of the molecule is COC(=O)c1cc(N)ccc1S(=O)(=O)NC(C)C1CCC1. The molecule has 1 atom stereocenters. The molecule has 0 bridgehead atoms. The lowest BCUT2D eigenvalue weighted by Crippen LogP contribution is -2.41. The molecule has 1 aromatic carbocycles. The van der Waals surface area contributed by atoms with Crippen LogP contribution < -0.4 is 10.5 Å². The Balaban J connectivity index is 2.32. The van der Waals surface area contributed by atoms with Crippen LogP contribution in [0.2, 0.25) is 0 Å². The average molecular weight is 312 g/mol. The van der Waals surface area contributed by atoms with E-state index in [1.54, 1.807) is 0 Å². The van der Waals surface area contributed by atoms with Gasteiger partial charge in [0.1, 0.15) is 0 Å². The molecule has 1 aliphatic rings. The lowest BCUT2D eigenvalue weighted by atomic mass is 9.81. The summed E-state index contributed by atoms with van der Waals surface area (Å²) in [5.41, 5.74) is 5.88. The van der Waals surface area contributed by atoms with E-state index in [1.807, 2.05) is 6.92 Å². The molecule has 0 radical (unpaired) electrons. The van der Waals surface area contributed by atoms with Crippen molar-refractivity contribution in [2.75, 3.05) is 12.8 Å². The molecule has 3 N–H and O–H groups in total. The quantitative estimate of drug-likeness (QED) is 0.634. The Hall–Kier alpha value is -1.60. The van der Waals surface area contributed by atoms with Gasteiger partial charge in [0.15, 0.2) is 0 Å². The van der Waals surface area contributed by atoms with E-state index in [0.717, 1.165) is 19.3 Å². The van der Waals surface area contributed by atoms with Gasteiger partial charge in [-0.3, -0.25) is 0 Å². The van der Waals surface area contributed by atoms with Crippen molar-refractivity contribution in [1.82, 2.24) is 4.72 Å². The molecule has 1 unspecified atom stereocenters. The molecule has 6 nitrogen and oxygen atoms in total. The summed E-state index contributed by atoms with van der Waals surface area (Å²) in [7, 11) is -2.59. The van der Waals surface area contributed by atoms with Gasteiger partial charge in [0.2, 0.25) is 10.0 Å². The first-order chi connectivity index (χ1) is 9.85. The maximum atomic E-state index is 12.5. The number of methoxy groups -OCH3 is 1. The lowest BCUT2D eigenvalue weighted by molar-refractivity contribution is 0.0596. The summed E-state index contributed by atoms with van der Waals surface area (Å²) in [6.45, 7) is 1.84. The van der Waals surface area contributed by atoms with Gasteiger partial charge in [-0.1, -0.05) is 6.42 Å². The van der Waals surface area contributed by atoms with Crippen molar-refractivity contribution < 1.29 is 17.9 Å². The van der Waals surface area contributed by atoms with Crippen molar-refractivity contribution in [2.24, 2.45) is 5.92 Å². The van der Waals surface area contributed by atoms with Crippen LogP contribution in [-0.4, -0.2) is 27.5 Å². The van der Waals surface area contributed by atoms with Crippen LogP contribution in [0.25, 0.3) is 0 Å². The van der Waals surface area contributed by atoms with Crippen LogP contribution >= 0.6 is 0 Å². The van der Waals surface area contributed by atoms with E-state index in [1.165, 1.54) is 25.3 Å². The third kappa shape index (κ3) is 3.36. The molecule has 0 amide bonds. The molecule has 1 fully saturated rings. The number of esters is 1. The molecule has 21 heavy (non-hydrogen) atoms. The monoisotopic (exact) mass is 312 g/mol. The number of nitrogen functional groups attached to an aromatic ring is 1. The van der Waals surface area contributed by atoms with E-state index in [0.29, 0.717) is 11.6 Å². The van der Waals surface area contributed by atoms with E-state index in [9.17, 15) is 13.2 Å². The van der Waals surface area contributed by atoms with Gasteiger partial charge in [0.25, 0.3) is 0 Å². The van der Waals surface area contributed by atoms with Gasteiger partial charge < -0.3 is 10.5 Å². The number of hydrogen-bond donors (Lipinski definition) is 2. The van der Waals surface area contributed by atoms with Gasteiger partial charge in [-0.05, 0) is 43.9 Å². The second-order valence-corrected chi connectivity index (χ2v) is 7.03. The first-order valence-corrected chi connectivity index (χ1v) is 8.33. The summed E-state index contributed by atoms with van der Waals surface area (Å²) < 4.78 is 32.2. The highest BCUT2D eigenvalue weighted by atomic mass is 32.2. The number of nitrogens with two attached hydrogens (primary N) is 1. The third-order valence-corrected chi connectivity index (χ3v) is 5.51. The number of rotatable bonds is 5. The van der Waals surface area contributed by atoms with E-state index >= 15 is 0 Å². The van der Waals surface area contributed by atoms with Crippen LogP contribution in [0, 0.1) is 5.92 Å². The zero-order valence-electron chi connectivity index (χ0n) is 12.1. The summed E-state index contributed by atoms with van der Waals surface area (Å²) >= 11 is 0. The standard InChI is InChI=1S/C14H20N2O4S/c1-9(10-4-3-5-10)16-21(18,19)13-7-6-11(15)8-12(13)14(17)20-2/h6-10,16H,3-5,15H2,1-2H3. The van der Waals surface area contributed by atoms with E-state index in [-0.39, 0.29) is 16.5 Å². The third-order valence-electron chi connectivity index (χ3n) is 3.90. The Bertz CT molecular complexity index is 638. The predicted molar refractivity (Wildman–Crippen MR) is 79.3 cm³/mol. The Morgan fingerprint density at radius 1 is 1.43 bits per heavy atom. The predicted octanol–water partition coefficient (Wildman–Crippen LogP) is 1.52. The van der Waals surface area contributed by atoms with Crippen molar-refractivity contribution in [2.45, 2.75) is 37.1 Å². The first-order valence-electron chi connectivity index (χ1n) is 6.85. The maximum absolute atomic E-state index is 12.5. The average Bonchev–Trinajstić information content (AvgIpc) is 2.34. The number of sulfonamides is 1. The van der Waals surface area contributed by atoms with Gasteiger partial charge in [0.05, 0.1) is 17.6 Å². The molecule has 2 rings (SSSR count). The van der Waals surface area contributed by atoms with Crippen molar-refractivity contribution in [1.29, 1.82) is 0 Å². The van der Waals surface area contributed by atoms with E-state index in [4.69, 9.17) is 5.73 Å². The minimum atomic E-state index is -3.79.